The third kappa shape index (κ3) is 4.91. The van der Waals surface area contributed by atoms with Gasteiger partial charge in [-0.15, -0.1) is 0 Å². The second-order valence-corrected chi connectivity index (χ2v) is 6.70. The van der Waals surface area contributed by atoms with Gasteiger partial charge in [0.1, 0.15) is 18.3 Å². The van der Waals surface area contributed by atoms with Crippen LogP contribution in [0.2, 0.25) is 0 Å². The van der Waals surface area contributed by atoms with Crippen LogP contribution in [0.4, 0.5) is 5.69 Å². The molecule has 0 fully saturated rings. The van der Waals surface area contributed by atoms with E-state index in [0.29, 0.717) is 6.54 Å². The smallest absolute Gasteiger partial charge is 0.295 e. The maximum absolute atomic E-state index is 12.3. The zero-order valence-electron chi connectivity index (χ0n) is 14.3. The number of nitrogens with zero attached hydrogens (tertiary/aromatic N) is 4. The number of amides is 1. The van der Waals surface area contributed by atoms with Gasteiger partial charge in [0.2, 0.25) is 0 Å². The number of rotatable bonds is 8. The maximum Gasteiger partial charge on any atom is 0.295 e. The molecule has 3 rings (SSSR count). The van der Waals surface area contributed by atoms with Crippen molar-refractivity contribution in [3.8, 4) is 5.69 Å². The average molecular weight is 383 g/mol. The Kier molecular flexibility index (Phi) is 6.16. The molecule has 138 valence electrons. The summed E-state index contributed by atoms with van der Waals surface area (Å²) in [7, 11) is 0. The molecule has 0 aliphatic heterocycles. The van der Waals surface area contributed by atoms with Gasteiger partial charge in [-0.3, -0.25) is 14.9 Å². The minimum atomic E-state index is -0.538. The van der Waals surface area contributed by atoms with Crippen LogP contribution in [0.15, 0.2) is 61.2 Å². The quantitative estimate of drug-likeness (QED) is 0.364. The number of aromatic nitrogens is 3. The monoisotopic (exact) mass is 383 g/mol. The van der Waals surface area contributed by atoms with E-state index >= 15 is 0 Å². The van der Waals surface area contributed by atoms with Crippen molar-refractivity contribution in [1.29, 1.82) is 0 Å². The molecule has 0 aliphatic rings. The lowest BCUT2D eigenvalue weighted by Gasteiger charge is -2.07. The van der Waals surface area contributed by atoms with E-state index in [-0.39, 0.29) is 22.8 Å². The first-order valence-electron chi connectivity index (χ1n) is 8.18. The second kappa shape index (κ2) is 8.95. The van der Waals surface area contributed by atoms with Crippen molar-refractivity contribution in [3.63, 3.8) is 0 Å². The molecule has 1 N–H and O–H groups in total. The minimum Gasteiger partial charge on any atom is -0.351 e. The van der Waals surface area contributed by atoms with Gasteiger partial charge in [0.05, 0.1) is 4.92 Å². The molecule has 9 heteroatoms. The first-order chi connectivity index (χ1) is 13.1. The number of hydrogen-bond acceptors (Lipinski definition) is 6. The Morgan fingerprint density at radius 1 is 1.22 bits per heavy atom. The van der Waals surface area contributed by atoms with Gasteiger partial charge >= 0.3 is 0 Å². The third-order valence-electron chi connectivity index (χ3n) is 3.74. The number of nitrogens with one attached hydrogen (secondary N) is 1. The fraction of sp³-hybridized carbons (Fsp3) is 0.167. The number of carbonyl (C=O) groups is 1. The fourth-order valence-electron chi connectivity index (χ4n) is 2.44. The molecule has 8 nitrogen and oxygen atoms in total. The van der Waals surface area contributed by atoms with Crippen molar-refractivity contribution in [2.75, 3.05) is 12.3 Å². The summed E-state index contributed by atoms with van der Waals surface area (Å²) in [4.78, 5) is 26.9. The van der Waals surface area contributed by atoms with E-state index in [0.717, 1.165) is 11.5 Å². The van der Waals surface area contributed by atoms with Crippen LogP contribution < -0.4 is 5.32 Å². The highest BCUT2D eigenvalue weighted by molar-refractivity contribution is 7.98. The van der Waals surface area contributed by atoms with Gasteiger partial charge in [-0.1, -0.05) is 30.3 Å². The van der Waals surface area contributed by atoms with Gasteiger partial charge in [0.15, 0.2) is 0 Å². The van der Waals surface area contributed by atoms with Gasteiger partial charge in [-0.2, -0.15) is 16.9 Å². The zero-order chi connectivity index (χ0) is 19.1. The van der Waals surface area contributed by atoms with Gasteiger partial charge in [0, 0.05) is 29.7 Å². The Hall–Kier alpha value is -3.20. The normalized spacial score (nSPS) is 10.5. The molecule has 1 aromatic heterocycles. The molecule has 27 heavy (non-hydrogen) atoms. The number of nitro groups is 1. The summed E-state index contributed by atoms with van der Waals surface area (Å²) in [5.41, 5.74) is 1.52. The van der Waals surface area contributed by atoms with Crippen LogP contribution in [0.25, 0.3) is 5.69 Å². The first kappa shape index (κ1) is 18.6. The Balaban J connectivity index is 1.56. The lowest BCUT2D eigenvalue weighted by molar-refractivity contribution is -0.384. The van der Waals surface area contributed by atoms with Crippen LogP contribution in [-0.2, 0) is 5.75 Å². The van der Waals surface area contributed by atoms with E-state index in [1.54, 1.807) is 11.8 Å². The maximum atomic E-state index is 12.3. The van der Waals surface area contributed by atoms with Crippen molar-refractivity contribution < 1.29 is 9.72 Å². The van der Waals surface area contributed by atoms with E-state index in [4.69, 9.17) is 0 Å². The van der Waals surface area contributed by atoms with Crippen molar-refractivity contribution in [3.05, 3.63) is 82.4 Å². The summed E-state index contributed by atoms with van der Waals surface area (Å²) in [6, 6.07) is 14.4. The van der Waals surface area contributed by atoms with Gasteiger partial charge < -0.3 is 5.32 Å². The molecular weight excluding hydrogens is 366 g/mol. The van der Waals surface area contributed by atoms with E-state index < -0.39 is 4.92 Å². The fourth-order valence-corrected chi connectivity index (χ4v) is 3.26. The molecule has 2 aromatic carbocycles. The standard InChI is InChI=1S/C18H17N5O3S/c24-18(20-8-9-27-11-14-4-2-1-3-5-14)15-6-7-16(17(10-15)23(25)26)22-13-19-12-21-22/h1-7,10,12-13H,8-9,11H2,(H,20,24). The molecule has 1 heterocycles. The molecule has 0 atom stereocenters. The van der Waals surface area contributed by atoms with Crippen LogP contribution in [0.5, 0.6) is 0 Å². The van der Waals surface area contributed by atoms with Gasteiger partial charge in [-0.05, 0) is 17.7 Å². The Morgan fingerprint density at radius 3 is 2.74 bits per heavy atom. The summed E-state index contributed by atoms with van der Waals surface area (Å²) in [5.74, 6) is 1.28. The van der Waals surface area contributed by atoms with Crippen molar-refractivity contribution in [2.24, 2.45) is 0 Å². The van der Waals surface area contributed by atoms with E-state index in [1.165, 1.54) is 41.1 Å². The zero-order valence-corrected chi connectivity index (χ0v) is 15.1. The highest BCUT2D eigenvalue weighted by Gasteiger charge is 2.19. The number of hydrogen-bond donors (Lipinski definition) is 1. The number of benzene rings is 2. The number of carbonyl (C=O) groups excluding carboxylic acids is 1. The van der Waals surface area contributed by atoms with Gasteiger partial charge in [0.25, 0.3) is 11.6 Å². The topological polar surface area (TPSA) is 103 Å². The molecule has 0 radical (unpaired) electrons. The number of nitro benzene ring substituents is 1. The molecule has 3 aromatic rings. The molecule has 1 amide bonds. The highest BCUT2D eigenvalue weighted by Crippen LogP contribution is 2.23. The summed E-state index contributed by atoms with van der Waals surface area (Å²) < 4.78 is 1.29. The van der Waals surface area contributed by atoms with E-state index in [1.807, 2.05) is 18.2 Å². The van der Waals surface area contributed by atoms with Crippen molar-refractivity contribution >= 4 is 23.4 Å². The highest BCUT2D eigenvalue weighted by atomic mass is 32.2. The lowest BCUT2D eigenvalue weighted by Crippen LogP contribution is -2.25. The first-order valence-corrected chi connectivity index (χ1v) is 9.34. The molecule has 0 saturated carbocycles. The number of thioether (sulfide) groups is 1. The Labute approximate surface area is 159 Å². The summed E-state index contributed by atoms with van der Waals surface area (Å²) in [6.07, 6.45) is 2.66. The minimum absolute atomic E-state index is 0.202. The predicted molar refractivity (Wildman–Crippen MR) is 103 cm³/mol. The average Bonchev–Trinajstić information content (AvgIpc) is 3.22. The summed E-state index contributed by atoms with van der Waals surface area (Å²) >= 11 is 1.71. The van der Waals surface area contributed by atoms with E-state index in [2.05, 4.69) is 27.5 Å². The van der Waals surface area contributed by atoms with Crippen LogP contribution in [0.3, 0.4) is 0 Å². The van der Waals surface area contributed by atoms with Crippen LogP contribution >= 0.6 is 11.8 Å². The van der Waals surface area contributed by atoms with Crippen LogP contribution in [0.1, 0.15) is 15.9 Å². The summed E-state index contributed by atoms with van der Waals surface area (Å²) in [5, 5.41) is 18.0. The largest absolute Gasteiger partial charge is 0.351 e. The molecule has 0 unspecified atom stereocenters. The molecule has 0 aliphatic carbocycles. The Morgan fingerprint density at radius 2 is 2.04 bits per heavy atom. The molecule has 0 saturated heterocycles. The Bertz CT molecular complexity index is 916. The third-order valence-corrected chi connectivity index (χ3v) is 4.77. The van der Waals surface area contributed by atoms with Crippen LogP contribution in [-0.4, -0.2) is 37.9 Å². The molecular formula is C18H17N5O3S. The lowest BCUT2D eigenvalue weighted by atomic mass is 10.1. The molecule has 0 bridgehead atoms. The SMILES string of the molecule is O=C(NCCSCc1ccccc1)c1ccc(-n2cncn2)c([N+](=O)[O-])c1. The molecule has 0 spiro atoms. The summed E-state index contributed by atoms with van der Waals surface area (Å²) in [6.45, 7) is 0.481. The van der Waals surface area contributed by atoms with E-state index in [9.17, 15) is 14.9 Å². The van der Waals surface area contributed by atoms with Crippen LogP contribution in [0, 0.1) is 10.1 Å². The van der Waals surface area contributed by atoms with Crippen molar-refractivity contribution in [1.82, 2.24) is 20.1 Å². The van der Waals surface area contributed by atoms with Crippen molar-refractivity contribution in [2.45, 2.75) is 5.75 Å². The second-order valence-electron chi connectivity index (χ2n) is 5.59. The van der Waals surface area contributed by atoms with Gasteiger partial charge in [-0.25, -0.2) is 9.67 Å². The predicted octanol–water partition coefficient (Wildman–Crippen LogP) is 2.84.